The van der Waals surface area contributed by atoms with Crippen LogP contribution in [0.5, 0.6) is 0 Å². The largest absolute Gasteiger partial charge is 0.416 e. The van der Waals surface area contributed by atoms with Gasteiger partial charge in [0.1, 0.15) is 0 Å². The fourth-order valence-corrected chi connectivity index (χ4v) is 5.36. The van der Waals surface area contributed by atoms with E-state index < -0.39 is 50.7 Å². The first kappa shape index (κ1) is 29.4. The van der Waals surface area contributed by atoms with E-state index in [4.69, 9.17) is 4.74 Å². The van der Waals surface area contributed by atoms with Crippen LogP contribution in [0, 0.1) is 0 Å². The smallest absolute Gasteiger partial charge is 0.379 e. The molecule has 40 heavy (non-hydrogen) atoms. The summed E-state index contributed by atoms with van der Waals surface area (Å²) in [5.41, 5.74) is -3.10. The summed E-state index contributed by atoms with van der Waals surface area (Å²) in [6.07, 6.45) is -7.66. The number of carbonyl (C=O) groups is 1. The van der Waals surface area contributed by atoms with Gasteiger partial charge in [0.2, 0.25) is 10.0 Å². The van der Waals surface area contributed by atoms with Gasteiger partial charge in [-0.2, -0.15) is 30.6 Å². The van der Waals surface area contributed by atoms with Crippen LogP contribution in [0.15, 0.2) is 59.6 Å². The molecule has 0 saturated carbocycles. The molecule has 1 aromatic heterocycles. The number of alkyl halides is 6. The van der Waals surface area contributed by atoms with Crippen molar-refractivity contribution in [3.05, 3.63) is 77.1 Å². The Labute approximate surface area is 225 Å². The molecule has 2 aromatic carbocycles. The predicted molar refractivity (Wildman–Crippen MR) is 132 cm³/mol. The number of benzene rings is 2. The third kappa shape index (κ3) is 6.57. The predicted octanol–water partition coefficient (Wildman–Crippen LogP) is 5.33. The van der Waals surface area contributed by atoms with Gasteiger partial charge in [-0.3, -0.25) is 4.79 Å². The molecule has 0 atom stereocenters. The van der Waals surface area contributed by atoms with Gasteiger partial charge in [0.25, 0.3) is 0 Å². The van der Waals surface area contributed by atoms with Crippen LogP contribution in [0.4, 0.5) is 26.3 Å². The highest BCUT2D eigenvalue weighted by Crippen LogP contribution is 2.38. The van der Waals surface area contributed by atoms with Crippen molar-refractivity contribution in [3.63, 3.8) is 0 Å². The van der Waals surface area contributed by atoms with Gasteiger partial charge >= 0.3 is 12.4 Å². The lowest BCUT2D eigenvalue weighted by molar-refractivity contribution is -0.143. The number of allylic oxidation sites excluding steroid dienone is 1. The minimum Gasteiger partial charge on any atom is -0.379 e. The molecule has 0 radical (unpaired) electrons. The molecular weight excluding hydrogens is 564 g/mol. The molecule has 0 spiro atoms. The van der Waals surface area contributed by atoms with E-state index in [-0.39, 0.29) is 48.5 Å². The van der Waals surface area contributed by atoms with Gasteiger partial charge < -0.3 is 4.74 Å². The van der Waals surface area contributed by atoms with Gasteiger partial charge in [-0.1, -0.05) is 12.1 Å². The molecule has 1 aliphatic rings. The van der Waals surface area contributed by atoms with E-state index in [1.165, 1.54) is 47.6 Å². The number of morpholine rings is 1. The first-order valence-electron chi connectivity index (χ1n) is 11.7. The number of hydrogen-bond donors (Lipinski definition) is 0. The molecule has 0 amide bonds. The second kappa shape index (κ2) is 11.1. The van der Waals surface area contributed by atoms with Crippen molar-refractivity contribution in [1.29, 1.82) is 0 Å². The number of nitrogens with zero attached hydrogens (tertiary/aromatic N) is 3. The standard InChI is InChI=1S/C26H21F6N3O4S/c1-16(36)23(17-2-4-22(5-3-17)40(37,38)35-8-10-39-11-9-35)15-21-6-7-33-24(34-21)18-12-19(25(27,28)29)14-20(13-18)26(30,31)32/h2-7,12-15H,8-11H2,1H3/b23-15-. The number of sulfonamides is 1. The topological polar surface area (TPSA) is 89.5 Å². The van der Waals surface area contributed by atoms with Crippen molar-refractivity contribution in [1.82, 2.24) is 14.3 Å². The van der Waals surface area contributed by atoms with Crippen LogP contribution in [0.2, 0.25) is 0 Å². The molecular formula is C26H21F6N3O4S. The molecule has 14 heteroatoms. The van der Waals surface area contributed by atoms with Crippen LogP contribution in [0.3, 0.4) is 0 Å². The van der Waals surface area contributed by atoms with Crippen LogP contribution < -0.4 is 0 Å². The Morgan fingerprint density at radius 1 is 0.925 bits per heavy atom. The van der Waals surface area contributed by atoms with E-state index in [0.29, 0.717) is 17.7 Å². The summed E-state index contributed by atoms with van der Waals surface area (Å²) in [6, 6.07) is 7.87. The Morgan fingerprint density at radius 2 is 1.50 bits per heavy atom. The summed E-state index contributed by atoms with van der Waals surface area (Å²) in [5.74, 6) is -0.859. The minimum absolute atomic E-state index is 0.00400. The van der Waals surface area contributed by atoms with Gasteiger partial charge in [0, 0.05) is 30.4 Å². The van der Waals surface area contributed by atoms with Crippen LogP contribution in [0.25, 0.3) is 23.0 Å². The first-order valence-corrected chi connectivity index (χ1v) is 13.1. The molecule has 212 valence electrons. The Morgan fingerprint density at radius 3 is 2.02 bits per heavy atom. The zero-order chi connectivity index (χ0) is 29.3. The van der Waals surface area contributed by atoms with Crippen molar-refractivity contribution in [2.24, 2.45) is 0 Å². The molecule has 0 bridgehead atoms. The third-order valence-corrected chi connectivity index (χ3v) is 7.88. The Kier molecular flexibility index (Phi) is 8.15. The van der Waals surface area contributed by atoms with Gasteiger partial charge in [-0.25, -0.2) is 18.4 Å². The van der Waals surface area contributed by atoms with Gasteiger partial charge in [-0.15, -0.1) is 0 Å². The molecule has 1 fully saturated rings. The van der Waals surface area contributed by atoms with Crippen molar-refractivity contribution < 1.29 is 44.3 Å². The highest BCUT2D eigenvalue weighted by molar-refractivity contribution is 7.89. The minimum atomic E-state index is -5.04. The number of rotatable bonds is 6. The van der Waals surface area contributed by atoms with E-state index in [9.17, 15) is 39.6 Å². The summed E-state index contributed by atoms with van der Waals surface area (Å²) >= 11 is 0. The second-order valence-corrected chi connectivity index (χ2v) is 10.7. The van der Waals surface area contributed by atoms with Crippen molar-refractivity contribution in [3.8, 4) is 11.4 Å². The quantitative estimate of drug-likeness (QED) is 0.287. The lowest BCUT2D eigenvalue weighted by atomic mass is 10.0. The van der Waals surface area contributed by atoms with E-state index in [2.05, 4.69) is 9.97 Å². The third-order valence-electron chi connectivity index (χ3n) is 5.97. The molecule has 0 N–H and O–H groups in total. The number of hydrogen-bond acceptors (Lipinski definition) is 6. The van der Waals surface area contributed by atoms with E-state index >= 15 is 0 Å². The maximum Gasteiger partial charge on any atom is 0.416 e. The number of ketones is 1. The number of carbonyl (C=O) groups excluding carboxylic acids is 1. The highest BCUT2D eigenvalue weighted by Gasteiger charge is 2.37. The summed E-state index contributed by atoms with van der Waals surface area (Å²) < 4.78 is 112. The Bertz CT molecular complexity index is 1510. The van der Waals surface area contributed by atoms with Crippen molar-refractivity contribution in [2.75, 3.05) is 26.3 Å². The molecule has 2 heterocycles. The van der Waals surface area contributed by atoms with E-state index in [1.54, 1.807) is 0 Å². The number of aromatic nitrogens is 2. The normalized spacial score (nSPS) is 15.7. The molecule has 0 unspecified atom stereocenters. The van der Waals surface area contributed by atoms with Crippen LogP contribution in [-0.2, 0) is 31.9 Å². The summed E-state index contributed by atoms with van der Waals surface area (Å²) in [6.45, 7) is 2.19. The summed E-state index contributed by atoms with van der Waals surface area (Å²) in [4.78, 5) is 20.3. The lowest BCUT2D eigenvalue weighted by Crippen LogP contribution is -2.40. The van der Waals surface area contributed by atoms with Crippen molar-refractivity contribution in [2.45, 2.75) is 24.2 Å². The second-order valence-electron chi connectivity index (χ2n) is 8.75. The summed E-state index contributed by atoms with van der Waals surface area (Å²) in [7, 11) is -3.78. The molecule has 3 aromatic rings. The van der Waals surface area contributed by atoms with Crippen LogP contribution >= 0.6 is 0 Å². The fraction of sp³-hybridized carbons (Fsp3) is 0.269. The number of halogens is 6. The average Bonchev–Trinajstić information content (AvgIpc) is 2.91. The SMILES string of the molecule is CC(=O)/C(=C/c1ccnc(-c2cc(C(F)(F)F)cc(C(F)(F)F)c2)n1)c1ccc(S(=O)(=O)N2CCOCC2)cc1. The average molecular weight is 586 g/mol. The lowest BCUT2D eigenvalue weighted by Gasteiger charge is -2.26. The van der Waals surface area contributed by atoms with Crippen LogP contribution in [0.1, 0.15) is 29.3 Å². The van der Waals surface area contributed by atoms with E-state index in [1.807, 2.05) is 0 Å². The molecule has 7 nitrogen and oxygen atoms in total. The van der Waals surface area contributed by atoms with Gasteiger partial charge in [-0.05, 0) is 55.0 Å². The first-order chi connectivity index (χ1) is 18.7. The highest BCUT2D eigenvalue weighted by atomic mass is 32.2. The Hall–Kier alpha value is -3.62. The van der Waals surface area contributed by atoms with Gasteiger partial charge in [0.05, 0.1) is 34.9 Å². The van der Waals surface area contributed by atoms with Gasteiger partial charge in [0.15, 0.2) is 11.6 Å². The number of Topliss-reactive ketones (excluding diaryl/α,β-unsaturated/α-hetero) is 1. The van der Waals surface area contributed by atoms with E-state index in [0.717, 1.165) is 6.20 Å². The fourth-order valence-electron chi connectivity index (χ4n) is 3.95. The maximum absolute atomic E-state index is 13.3. The summed E-state index contributed by atoms with van der Waals surface area (Å²) in [5, 5.41) is 0. The molecule has 1 saturated heterocycles. The van der Waals surface area contributed by atoms with Crippen molar-refractivity contribution >= 4 is 27.5 Å². The Balaban J connectivity index is 1.70. The molecule has 0 aliphatic carbocycles. The zero-order valence-electron chi connectivity index (χ0n) is 20.8. The molecule has 4 rings (SSSR count). The maximum atomic E-state index is 13.3. The number of ether oxygens (including phenoxy) is 1. The van der Waals surface area contributed by atoms with Crippen LogP contribution in [-0.4, -0.2) is 54.8 Å². The zero-order valence-corrected chi connectivity index (χ0v) is 21.6. The monoisotopic (exact) mass is 585 g/mol. The molecule has 1 aliphatic heterocycles.